The van der Waals surface area contributed by atoms with Crippen LogP contribution in [0.4, 0.5) is 0 Å². The van der Waals surface area contributed by atoms with E-state index in [9.17, 15) is 0 Å². The zero-order valence-corrected chi connectivity index (χ0v) is 8.49. The largest absolute Gasteiger partial charge is 0.394 e. The van der Waals surface area contributed by atoms with Crippen molar-refractivity contribution in [3.8, 4) is 0 Å². The van der Waals surface area contributed by atoms with Crippen molar-refractivity contribution in [1.29, 1.82) is 0 Å². The van der Waals surface area contributed by atoms with E-state index in [4.69, 9.17) is 9.84 Å². The molecule has 4 aliphatic rings. The molecule has 3 fully saturated rings. The van der Waals surface area contributed by atoms with Crippen LogP contribution in [0.15, 0.2) is 22.8 Å². The summed E-state index contributed by atoms with van der Waals surface area (Å²) in [5.41, 5.74) is 4.86. The summed E-state index contributed by atoms with van der Waals surface area (Å²) < 4.78 is 5.56. The summed E-state index contributed by atoms with van der Waals surface area (Å²) in [6.07, 6.45) is 5.07. The molecule has 2 heteroatoms. The molecule has 0 heterocycles. The highest BCUT2D eigenvalue weighted by Gasteiger charge is 2.55. The molecule has 0 saturated heterocycles. The molecule has 3 unspecified atom stereocenters. The van der Waals surface area contributed by atoms with Gasteiger partial charge in [0.2, 0.25) is 0 Å². The first-order valence-corrected chi connectivity index (χ1v) is 5.48. The Balaban J connectivity index is 1.71. The van der Waals surface area contributed by atoms with Gasteiger partial charge in [0, 0.05) is 11.8 Å². The van der Waals surface area contributed by atoms with Gasteiger partial charge in [-0.1, -0.05) is 17.2 Å². The van der Waals surface area contributed by atoms with Gasteiger partial charge in [-0.25, -0.2) is 0 Å². The van der Waals surface area contributed by atoms with Crippen molar-refractivity contribution in [2.45, 2.75) is 25.9 Å². The van der Waals surface area contributed by atoms with Crippen LogP contribution in [0.5, 0.6) is 0 Å². The monoisotopic (exact) mass is 192 g/mol. The zero-order chi connectivity index (χ0) is 9.71. The van der Waals surface area contributed by atoms with Gasteiger partial charge >= 0.3 is 0 Å². The van der Waals surface area contributed by atoms with Crippen molar-refractivity contribution in [3.63, 3.8) is 0 Å². The van der Waals surface area contributed by atoms with Gasteiger partial charge in [-0.3, -0.25) is 0 Å². The van der Waals surface area contributed by atoms with Crippen molar-refractivity contribution in [2.24, 2.45) is 11.8 Å². The van der Waals surface area contributed by atoms with Crippen LogP contribution in [-0.4, -0.2) is 24.4 Å². The molecule has 0 radical (unpaired) electrons. The molecule has 4 rings (SSSR count). The molecule has 0 aliphatic heterocycles. The number of rotatable bonds is 4. The fourth-order valence-electron chi connectivity index (χ4n) is 3.00. The lowest BCUT2D eigenvalue weighted by molar-refractivity contribution is 0.0521. The molecular formula is C12H16O2. The Labute approximate surface area is 84.3 Å². The molecule has 0 aromatic carbocycles. The van der Waals surface area contributed by atoms with Gasteiger partial charge in [0.25, 0.3) is 0 Å². The normalized spacial score (nSPS) is 34.6. The molecule has 0 spiro atoms. The van der Waals surface area contributed by atoms with E-state index in [1.807, 2.05) is 0 Å². The third-order valence-electron chi connectivity index (χ3n) is 3.91. The van der Waals surface area contributed by atoms with Gasteiger partial charge in [0.1, 0.15) is 0 Å². The van der Waals surface area contributed by atoms with Crippen LogP contribution in [0.1, 0.15) is 19.8 Å². The predicted octanol–water partition coefficient (Wildman–Crippen LogP) is 1.66. The van der Waals surface area contributed by atoms with E-state index in [-0.39, 0.29) is 12.7 Å². The third-order valence-corrected chi connectivity index (χ3v) is 3.91. The molecule has 1 N–H and O–H groups in total. The van der Waals surface area contributed by atoms with Crippen LogP contribution in [-0.2, 0) is 4.74 Å². The fraction of sp³-hybridized carbons (Fsp3) is 0.667. The fourth-order valence-corrected chi connectivity index (χ4v) is 3.00. The molecule has 0 aromatic heterocycles. The number of aliphatic hydroxyl groups is 1. The average Bonchev–Trinajstić information content (AvgIpc) is 2.10. The molecule has 14 heavy (non-hydrogen) atoms. The Morgan fingerprint density at radius 2 is 2.36 bits per heavy atom. The molecule has 76 valence electrons. The number of allylic oxidation sites excluding steroid dienone is 3. The van der Waals surface area contributed by atoms with Gasteiger partial charge in [-0.05, 0) is 25.3 Å². The van der Waals surface area contributed by atoms with Crippen LogP contribution >= 0.6 is 0 Å². The molecule has 0 aromatic rings. The predicted molar refractivity (Wildman–Crippen MR) is 53.8 cm³/mol. The SMILES string of the molecule is CC(OCCO)C1=C2C3CC2C3=CC1. The first kappa shape index (κ1) is 8.69. The number of aliphatic hydroxyl groups excluding tert-OH is 1. The Morgan fingerprint density at radius 3 is 2.93 bits per heavy atom. The van der Waals surface area contributed by atoms with E-state index in [0.717, 1.165) is 18.3 Å². The van der Waals surface area contributed by atoms with E-state index >= 15 is 0 Å². The van der Waals surface area contributed by atoms with Crippen molar-refractivity contribution in [3.05, 3.63) is 22.8 Å². The van der Waals surface area contributed by atoms with Crippen LogP contribution in [0.3, 0.4) is 0 Å². The van der Waals surface area contributed by atoms with E-state index in [1.54, 1.807) is 11.1 Å². The van der Waals surface area contributed by atoms with Gasteiger partial charge in [0.15, 0.2) is 0 Å². The van der Waals surface area contributed by atoms with E-state index in [0.29, 0.717) is 6.61 Å². The Bertz CT molecular complexity index is 313. The number of ether oxygens (including phenoxy) is 1. The standard InChI is InChI=1S/C12H16O2/c1-7(14-5-4-13)8-2-3-9-10-6-11(9)12(8)10/h3,7,10-11,13H,2,4-6H2,1H3. The minimum Gasteiger partial charge on any atom is -0.394 e. The Hall–Kier alpha value is -0.600. The van der Waals surface area contributed by atoms with Crippen molar-refractivity contribution in [1.82, 2.24) is 0 Å². The quantitative estimate of drug-likeness (QED) is 0.686. The summed E-state index contributed by atoms with van der Waals surface area (Å²) in [4.78, 5) is 0. The molecular weight excluding hydrogens is 176 g/mol. The van der Waals surface area contributed by atoms with E-state index < -0.39 is 0 Å². The summed E-state index contributed by atoms with van der Waals surface area (Å²) in [5, 5.41) is 8.70. The highest BCUT2D eigenvalue weighted by atomic mass is 16.5. The van der Waals surface area contributed by atoms with Crippen LogP contribution in [0.25, 0.3) is 0 Å². The summed E-state index contributed by atoms with van der Waals surface area (Å²) in [6, 6.07) is 0. The smallest absolute Gasteiger partial charge is 0.0764 e. The van der Waals surface area contributed by atoms with E-state index in [1.165, 1.54) is 12.0 Å². The van der Waals surface area contributed by atoms with Gasteiger partial charge in [-0.2, -0.15) is 0 Å². The van der Waals surface area contributed by atoms with Crippen molar-refractivity contribution in [2.75, 3.05) is 13.2 Å². The number of hydrogen-bond acceptors (Lipinski definition) is 2. The summed E-state index contributed by atoms with van der Waals surface area (Å²) in [7, 11) is 0. The summed E-state index contributed by atoms with van der Waals surface area (Å²) in [5.74, 6) is 1.62. The lowest BCUT2D eigenvalue weighted by Gasteiger charge is -2.60. The molecule has 0 amide bonds. The second-order valence-corrected chi connectivity index (χ2v) is 4.47. The van der Waals surface area contributed by atoms with Crippen LogP contribution in [0.2, 0.25) is 0 Å². The zero-order valence-electron chi connectivity index (χ0n) is 8.49. The first-order chi connectivity index (χ1) is 6.83. The van der Waals surface area contributed by atoms with Crippen LogP contribution in [0, 0.1) is 11.8 Å². The number of hydrogen-bond donors (Lipinski definition) is 1. The van der Waals surface area contributed by atoms with Gasteiger partial charge in [0.05, 0.1) is 19.3 Å². The minimum atomic E-state index is 0.126. The maximum atomic E-state index is 8.70. The molecule has 4 aliphatic carbocycles. The highest BCUT2D eigenvalue weighted by Crippen LogP contribution is 2.66. The maximum Gasteiger partial charge on any atom is 0.0764 e. The highest BCUT2D eigenvalue weighted by molar-refractivity contribution is 5.57. The average molecular weight is 192 g/mol. The third kappa shape index (κ3) is 0.931. The summed E-state index contributed by atoms with van der Waals surface area (Å²) in [6.45, 7) is 2.69. The summed E-state index contributed by atoms with van der Waals surface area (Å²) >= 11 is 0. The minimum absolute atomic E-state index is 0.126. The second kappa shape index (κ2) is 2.94. The topological polar surface area (TPSA) is 29.5 Å². The lowest BCUT2D eigenvalue weighted by Crippen LogP contribution is -2.49. The maximum absolute atomic E-state index is 8.70. The molecule has 4 bridgehead atoms. The molecule has 3 saturated carbocycles. The van der Waals surface area contributed by atoms with Crippen LogP contribution < -0.4 is 0 Å². The molecule has 3 atom stereocenters. The molecule has 2 nitrogen and oxygen atoms in total. The first-order valence-electron chi connectivity index (χ1n) is 5.48. The van der Waals surface area contributed by atoms with Gasteiger partial charge < -0.3 is 9.84 Å². The van der Waals surface area contributed by atoms with Gasteiger partial charge in [-0.15, -0.1) is 0 Å². The Morgan fingerprint density at radius 1 is 1.57 bits per heavy atom. The van der Waals surface area contributed by atoms with Crippen molar-refractivity contribution >= 4 is 0 Å². The lowest BCUT2D eigenvalue weighted by atomic mass is 9.45. The Kier molecular flexibility index (Phi) is 1.83. The van der Waals surface area contributed by atoms with Crippen molar-refractivity contribution < 1.29 is 9.84 Å². The van der Waals surface area contributed by atoms with E-state index in [2.05, 4.69) is 13.0 Å². The second-order valence-electron chi connectivity index (χ2n) is 4.47.